The van der Waals surface area contributed by atoms with E-state index in [1.165, 1.54) is 0 Å². The van der Waals surface area contributed by atoms with Crippen LogP contribution in [-0.2, 0) is 4.79 Å². The van der Waals surface area contributed by atoms with Gasteiger partial charge in [0.1, 0.15) is 5.70 Å². The van der Waals surface area contributed by atoms with Crippen molar-refractivity contribution >= 4 is 23.0 Å². The first-order valence-electron chi connectivity index (χ1n) is 7.40. The molecule has 0 aliphatic carbocycles. The number of carboxylic acids is 1. The molecule has 23 heavy (non-hydrogen) atoms. The van der Waals surface area contributed by atoms with Gasteiger partial charge >= 0.3 is 5.97 Å². The molecule has 0 amide bonds. The van der Waals surface area contributed by atoms with Crippen molar-refractivity contribution in [1.82, 2.24) is 9.55 Å². The van der Waals surface area contributed by atoms with Crippen molar-refractivity contribution < 1.29 is 9.90 Å². The molecule has 2 N–H and O–H groups in total. The van der Waals surface area contributed by atoms with E-state index in [-0.39, 0.29) is 11.7 Å². The second kappa shape index (κ2) is 4.98. The van der Waals surface area contributed by atoms with Crippen molar-refractivity contribution in [3.63, 3.8) is 0 Å². The van der Waals surface area contributed by atoms with E-state index in [4.69, 9.17) is 0 Å². The molecule has 0 fully saturated rings. The third kappa shape index (κ3) is 2.09. The number of carbonyl (C=O) groups is 1. The number of nitrogens with one attached hydrogen (secondary N) is 1. The number of rotatable bonds is 2. The topological polar surface area (TPSA) is 67.2 Å². The van der Waals surface area contributed by atoms with Crippen molar-refractivity contribution in [3.05, 3.63) is 71.4 Å². The number of carboxylic acid groups (broad SMARTS) is 1. The minimum absolute atomic E-state index is 0.154. The zero-order chi connectivity index (χ0) is 16.0. The minimum atomic E-state index is -0.984. The summed E-state index contributed by atoms with van der Waals surface area (Å²) < 4.78 is 2.05. The van der Waals surface area contributed by atoms with Crippen molar-refractivity contribution in [1.29, 1.82) is 0 Å². The Bertz CT molecular complexity index is 956. The SMILES string of the molecule is Cc1ccccc1[C@H]1C=C(C(=O)O)Nc2nc3ccccc3n21. The summed E-state index contributed by atoms with van der Waals surface area (Å²) in [5.41, 5.74) is 4.15. The Morgan fingerprint density at radius 3 is 2.70 bits per heavy atom. The Balaban J connectivity index is 2.00. The molecule has 1 aliphatic heterocycles. The van der Waals surface area contributed by atoms with Gasteiger partial charge in [-0.1, -0.05) is 36.4 Å². The Hall–Kier alpha value is -3.08. The van der Waals surface area contributed by atoms with Crippen LogP contribution in [0.1, 0.15) is 17.2 Å². The van der Waals surface area contributed by atoms with E-state index in [1.54, 1.807) is 6.08 Å². The monoisotopic (exact) mass is 305 g/mol. The molecule has 1 aliphatic rings. The largest absolute Gasteiger partial charge is 0.477 e. The second-order valence-electron chi connectivity index (χ2n) is 5.61. The van der Waals surface area contributed by atoms with Crippen LogP contribution >= 0.6 is 0 Å². The van der Waals surface area contributed by atoms with Crippen LogP contribution < -0.4 is 5.32 Å². The van der Waals surface area contributed by atoms with Crippen LogP contribution in [0.25, 0.3) is 11.0 Å². The van der Waals surface area contributed by atoms with Gasteiger partial charge < -0.3 is 10.4 Å². The summed E-state index contributed by atoms with van der Waals surface area (Å²) in [6.07, 6.45) is 1.74. The number of benzene rings is 2. The molecule has 2 heterocycles. The lowest BCUT2D eigenvalue weighted by molar-refractivity contribution is -0.132. The van der Waals surface area contributed by atoms with Gasteiger partial charge in [-0.2, -0.15) is 0 Å². The van der Waals surface area contributed by atoms with E-state index >= 15 is 0 Å². The van der Waals surface area contributed by atoms with Crippen molar-refractivity contribution in [3.8, 4) is 0 Å². The molecular formula is C18H15N3O2. The summed E-state index contributed by atoms with van der Waals surface area (Å²) in [5.74, 6) is -0.429. The Morgan fingerprint density at radius 2 is 1.91 bits per heavy atom. The van der Waals surface area contributed by atoms with Crippen LogP contribution in [0.4, 0.5) is 5.95 Å². The molecule has 0 spiro atoms. The van der Waals surface area contributed by atoms with Gasteiger partial charge in [0.05, 0.1) is 17.1 Å². The zero-order valence-corrected chi connectivity index (χ0v) is 12.5. The molecular weight excluding hydrogens is 290 g/mol. The number of imidazole rings is 1. The van der Waals surface area contributed by atoms with Crippen LogP contribution in [0.2, 0.25) is 0 Å². The van der Waals surface area contributed by atoms with Crippen LogP contribution in [0.3, 0.4) is 0 Å². The van der Waals surface area contributed by atoms with Crippen LogP contribution in [0.15, 0.2) is 60.3 Å². The van der Waals surface area contributed by atoms with Gasteiger partial charge in [-0.15, -0.1) is 0 Å². The number of nitrogens with zero attached hydrogens (tertiary/aromatic N) is 2. The predicted octanol–water partition coefficient (Wildman–Crippen LogP) is 3.33. The standard InChI is InChI=1S/C18H15N3O2/c1-11-6-2-3-7-12(11)16-10-14(17(22)23)20-18-19-13-8-4-5-9-15(13)21(16)18/h2-10,16H,1H3,(H,19,20)(H,22,23)/t16-/m1/s1. The number of aliphatic carboxylic acids is 1. The number of hydrogen-bond acceptors (Lipinski definition) is 3. The zero-order valence-electron chi connectivity index (χ0n) is 12.5. The normalized spacial score (nSPS) is 16.6. The number of hydrogen-bond donors (Lipinski definition) is 2. The average Bonchev–Trinajstić information content (AvgIpc) is 2.93. The van der Waals surface area contributed by atoms with Gasteiger partial charge in [0.2, 0.25) is 5.95 Å². The van der Waals surface area contributed by atoms with Gasteiger partial charge in [0.15, 0.2) is 0 Å². The number of anilines is 1. The molecule has 0 radical (unpaired) electrons. The highest BCUT2D eigenvalue weighted by Gasteiger charge is 2.27. The van der Waals surface area contributed by atoms with Gasteiger partial charge in [-0.05, 0) is 36.3 Å². The highest BCUT2D eigenvalue weighted by atomic mass is 16.4. The molecule has 0 saturated heterocycles. The molecule has 5 nitrogen and oxygen atoms in total. The molecule has 0 bridgehead atoms. The molecule has 2 aromatic carbocycles. The molecule has 3 aromatic rings. The first kappa shape index (κ1) is 13.6. The van der Waals surface area contributed by atoms with E-state index in [2.05, 4.69) is 10.3 Å². The van der Waals surface area contributed by atoms with E-state index in [0.717, 1.165) is 22.2 Å². The lowest BCUT2D eigenvalue weighted by atomic mass is 9.99. The van der Waals surface area contributed by atoms with Crippen molar-refractivity contribution in [2.24, 2.45) is 0 Å². The molecule has 4 rings (SSSR count). The lowest BCUT2D eigenvalue weighted by Gasteiger charge is -2.26. The smallest absolute Gasteiger partial charge is 0.352 e. The van der Waals surface area contributed by atoms with Gasteiger partial charge in [0, 0.05) is 0 Å². The maximum absolute atomic E-state index is 11.5. The fourth-order valence-corrected chi connectivity index (χ4v) is 3.08. The van der Waals surface area contributed by atoms with E-state index in [0.29, 0.717) is 5.95 Å². The van der Waals surface area contributed by atoms with Crippen LogP contribution in [-0.4, -0.2) is 20.6 Å². The van der Waals surface area contributed by atoms with Crippen LogP contribution in [0.5, 0.6) is 0 Å². The first-order chi connectivity index (χ1) is 11.1. The first-order valence-corrected chi connectivity index (χ1v) is 7.40. The molecule has 1 aromatic heterocycles. The minimum Gasteiger partial charge on any atom is -0.477 e. The van der Waals surface area contributed by atoms with Crippen molar-refractivity contribution in [2.75, 3.05) is 5.32 Å². The van der Waals surface area contributed by atoms with Gasteiger partial charge in [-0.25, -0.2) is 9.78 Å². The number of aromatic nitrogens is 2. The third-order valence-electron chi connectivity index (χ3n) is 4.18. The number of fused-ring (bicyclic) bond motifs is 3. The highest BCUT2D eigenvalue weighted by molar-refractivity contribution is 5.92. The average molecular weight is 305 g/mol. The summed E-state index contributed by atoms with van der Waals surface area (Å²) in [4.78, 5) is 16.0. The third-order valence-corrected chi connectivity index (χ3v) is 4.18. The number of aryl methyl sites for hydroxylation is 1. The maximum atomic E-state index is 11.5. The summed E-state index contributed by atoms with van der Waals surface area (Å²) >= 11 is 0. The van der Waals surface area contributed by atoms with Crippen LogP contribution in [0, 0.1) is 6.92 Å². The molecule has 1 atom stereocenters. The predicted molar refractivity (Wildman–Crippen MR) is 88.4 cm³/mol. The molecule has 0 saturated carbocycles. The lowest BCUT2D eigenvalue weighted by Crippen LogP contribution is -2.23. The summed E-state index contributed by atoms with van der Waals surface area (Å²) in [6.45, 7) is 2.03. The fourth-order valence-electron chi connectivity index (χ4n) is 3.08. The number of allylic oxidation sites excluding steroid dienone is 1. The molecule has 114 valence electrons. The second-order valence-corrected chi connectivity index (χ2v) is 5.61. The molecule has 0 unspecified atom stereocenters. The fraction of sp³-hybridized carbons (Fsp3) is 0.111. The van der Waals surface area contributed by atoms with E-state index in [9.17, 15) is 9.90 Å². The summed E-state index contributed by atoms with van der Waals surface area (Å²) in [5, 5.41) is 12.3. The maximum Gasteiger partial charge on any atom is 0.352 e. The van der Waals surface area contributed by atoms with E-state index < -0.39 is 5.97 Å². The summed E-state index contributed by atoms with van der Waals surface area (Å²) in [6, 6.07) is 15.6. The Kier molecular flexibility index (Phi) is 2.94. The number of para-hydroxylation sites is 2. The summed E-state index contributed by atoms with van der Waals surface area (Å²) in [7, 11) is 0. The quantitative estimate of drug-likeness (QED) is 0.762. The Morgan fingerprint density at radius 1 is 1.17 bits per heavy atom. The van der Waals surface area contributed by atoms with Crippen molar-refractivity contribution in [2.45, 2.75) is 13.0 Å². The van der Waals surface area contributed by atoms with Gasteiger partial charge in [-0.3, -0.25) is 4.57 Å². The Labute approximate surface area is 132 Å². The van der Waals surface area contributed by atoms with Gasteiger partial charge in [0.25, 0.3) is 0 Å². The molecule has 5 heteroatoms. The highest BCUT2D eigenvalue weighted by Crippen LogP contribution is 2.35. The van der Waals surface area contributed by atoms with E-state index in [1.807, 2.05) is 60.0 Å².